The molecule has 0 aliphatic carbocycles. The quantitative estimate of drug-likeness (QED) is 0.361. The van der Waals surface area contributed by atoms with Crippen molar-refractivity contribution in [1.82, 2.24) is 14.7 Å². The van der Waals surface area contributed by atoms with Crippen molar-refractivity contribution in [3.63, 3.8) is 0 Å². The van der Waals surface area contributed by atoms with Crippen molar-refractivity contribution in [3.05, 3.63) is 71.2 Å². The van der Waals surface area contributed by atoms with Gasteiger partial charge in [0.05, 0.1) is 21.5 Å². The minimum Gasteiger partial charge on any atom is -0.351 e. The number of rotatable bonds is 5. The van der Waals surface area contributed by atoms with E-state index in [1.54, 1.807) is 0 Å². The highest BCUT2D eigenvalue weighted by molar-refractivity contribution is 7.99. The molecule has 0 aliphatic rings. The van der Waals surface area contributed by atoms with Gasteiger partial charge in [0.25, 0.3) is 0 Å². The van der Waals surface area contributed by atoms with Crippen LogP contribution < -0.4 is 15.8 Å². The van der Waals surface area contributed by atoms with Crippen LogP contribution in [0, 0.1) is 17.5 Å². The molecule has 2 amide bonds. The number of amides is 2. The molecule has 3 rings (SSSR count). The van der Waals surface area contributed by atoms with Crippen LogP contribution in [0.1, 0.15) is 11.1 Å². The monoisotopic (exact) mass is 503 g/mol. The predicted molar refractivity (Wildman–Crippen MR) is 114 cm³/mol. The maximum atomic E-state index is 14.2. The van der Waals surface area contributed by atoms with E-state index in [-0.39, 0.29) is 11.3 Å². The standard InChI is InChI=1S/C20H15F6N5O2S/c1-34(33,31-18(27)32)9-10-4-11(20(24,25)26)6-13(5-10)29-19-28-8-16(23)17(30-19)14-3-2-12(21)7-15(14)22/h2-9H,1H3,(H,28,29,30)(H3,27,31,32,33). The summed E-state index contributed by atoms with van der Waals surface area (Å²) in [5.74, 6) is -3.48. The van der Waals surface area contributed by atoms with E-state index in [2.05, 4.69) is 15.3 Å². The molecular formula is C20H15F6N5O2S. The second-order valence-corrected chi connectivity index (χ2v) is 9.22. The van der Waals surface area contributed by atoms with E-state index >= 15 is 0 Å². The second kappa shape index (κ2) is 9.21. The largest absolute Gasteiger partial charge is 0.416 e. The Morgan fingerprint density at radius 2 is 1.79 bits per heavy atom. The van der Waals surface area contributed by atoms with Gasteiger partial charge in [-0.05, 0) is 35.9 Å². The molecule has 0 fully saturated rings. The molecule has 0 bridgehead atoms. The molecule has 7 nitrogen and oxygen atoms in total. The number of hydrogen-bond acceptors (Lipinski definition) is 5. The van der Waals surface area contributed by atoms with Crippen molar-refractivity contribution >= 4 is 32.7 Å². The van der Waals surface area contributed by atoms with Crippen LogP contribution in [0.3, 0.4) is 0 Å². The first kappa shape index (κ1) is 24.8. The van der Waals surface area contributed by atoms with Gasteiger partial charge in [0, 0.05) is 28.9 Å². The average molecular weight is 503 g/mol. The van der Waals surface area contributed by atoms with Crippen molar-refractivity contribution in [3.8, 4) is 11.3 Å². The zero-order valence-corrected chi connectivity index (χ0v) is 17.9. The molecule has 0 spiro atoms. The van der Waals surface area contributed by atoms with Gasteiger partial charge < -0.3 is 11.1 Å². The first-order valence-corrected chi connectivity index (χ1v) is 11.1. The summed E-state index contributed by atoms with van der Waals surface area (Å²) >= 11 is 0. The summed E-state index contributed by atoms with van der Waals surface area (Å²) in [6.45, 7) is 0. The van der Waals surface area contributed by atoms with Gasteiger partial charge >= 0.3 is 12.2 Å². The minimum atomic E-state index is -4.81. The lowest BCUT2D eigenvalue weighted by Crippen LogP contribution is -2.35. The summed E-state index contributed by atoms with van der Waals surface area (Å²) in [5.41, 5.74) is 2.37. The molecule has 1 unspecified atom stereocenters. The van der Waals surface area contributed by atoms with E-state index in [1.165, 1.54) is 0 Å². The lowest BCUT2D eigenvalue weighted by molar-refractivity contribution is -0.137. The third-order valence-electron chi connectivity index (χ3n) is 4.13. The molecule has 0 radical (unpaired) electrons. The Kier molecular flexibility index (Phi) is 6.72. The van der Waals surface area contributed by atoms with Gasteiger partial charge in [0.2, 0.25) is 5.95 Å². The molecule has 1 heterocycles. The summed E-state index contributed by atoms with van der Waals surface area (Å²) in [6, 6.07) is 3.69. The SMILES string of the molecule is CS(=O)(=Cc1cc(Nc2ncc(F)c(-c3ccc(F)cc3F)n2)cc(C(F)(F)F)c1)NC(N)=O. The number of halogens is 6. The molecule has 1 aromatic heterocycles. The predicted octanol–water partition coefficient (Wildman–Crippen LogP) is 3.97. The zero-order chi connectivity index (χ0) is 25.3. The average Bonchev–Trinajstić information content (AvgIpc) is 2.67. The maximum Gasteiger partial charge on any atom is 0.416 e. The van der Waals surface area contributed by atoms with Crippen LogP contribution in [-0.4, -0.2) is 31.8 Å². The van der Waals surface area contributed by atoms with Crippen molar-refractivity contribution in [2.75, 3.05) is 11.6 Å². The van der Waals surface area contributed by atoms with Crippen molar-refractivity contribution in [2.24, 2.45) is 5.73 Å². The van der Waals surface area contributed by atoms with Crippen LogP contribution in [0.5, 0.6) is 0 Å². The minimum absolute atomic E-state index is 0.203. The maximum absolute atomic E-state index is 14.2. The van der Waals surface area contributed by atoms with Gasteiger partial charge in [-0.3, -0.25) is 4.72 Å². The number of carbonyl (C=O) groups is 1. The van der Waals surface area contributed by atoms with Gasteiger partial charge in [0.1, 0.15) is 17.3 Å². The zero-order valence-electron chi connectivity index (χ0n) is 17.1. The Morgan fingerprint density at radius 3 is 2.41 bits per heavy atom. The number of carbonyl (C=O) groups excluding carboxylic acids is 1. The number of benzene rings is 2. The number of nitrogens with zero attached hydrogens (tertiary/aromatic N) is 2. The topological polar surface area (TPSA) is 110 Å². The highest BCUT2D eigenvalue weighted by Gasteiger charge is 2.31. The highest BCUT2D eigenvalue weighted by atomic mass is 32.2. The van der Waals surface area contributed by atoms with Crippen LogP contribution in [-0.2, 0) is 15.9 Å². The third-order valence-corrected chi connectivity index (χ3v) is 5.46. The molecular weight excluding hydrogens is 488 g/mol. The van der Waals surface area contributed by atoms with Crippen LogP contribution in [0.15, 0.2) is 42.6 Å². The second-order valence-electron chi connectivity index (χ2n) is 6.97. The molecule has 2 aromatic carbocycles. The molecule has 3 aromatic rings. The first-order valence-electron chi connectivity index (χ1n) is 9.12. The lowest BCUT2D eigenvalue weighted by atomic mass is 10.1. The van der Waals surface area contributed by atoms with Crippen LogP contribution in [0.4, 0.5) is 42.8 Å². The number of urea groups is 1. The Morgan fingerprint density at radius 1 is 1.09 bits per heavy atom. The van der Waals surface area contributed by atoms with Crippen LogP contribution in [0.25, 0.3) is 11.3 Å². The van der Waals surface area contributed by atoms with E-state index in [4.69, 9.17) is 5.73 Å². The Labute approximate surface area is 189 Å². The summed E-state index contributed by atoms with van der Waals surface area (Å²) in [4.78, 5) is 18.4. The fraction of sp³-hybridized carbons (Fsp3) is 0.100. The molecule has 0 aliphatic heterocycles. The molecule has 4 N–H and O–H groups in total. The van der Waals surface area contributed by atoms with E-state index < -0.39 is 62.1 Å². The van der Waals surface area contributed by atoms with E-state index in [0.29, 0.717) is 24.4 Å². The van der Waals surface area contributed by atoms with Crippen molar-refractivity contribution in [2.45, 2.75) is 6.18 Å². The summed E-state index contributed by atoms with van der Waals surface area (Å²) in [5, 5.41) is 3.32. The van der Waals surface area contributed by atoms with E-state index in [9.17, 15) is 35.3 Å². The smallest absolute Gasteiger partial charge is 0.351 e. The first-order chi connectivity index (χ1) is 15.7. The van der Waals surface area contributed by atoms with Crippen molar-refractivity contribution in [1.29, 1.82) is 0 Å². The number of hydrogen-bond donors (Lipinski definition) is 3. The van der Waals surface area contributed by atoms with Gasteiger partial charge in [-0.15, -0.1) is 0 Å². The number of nitrogens with one attached hydrogen (secondary N) is 2. The Hall–Kier alpha value is -3.81. The fourth-order valence-electron chi connectivity index (χ4n) is 2.87. The summed E-state index contributed by atoms with van der Waals surface area (Å²) in [6.07, 6.45) is -3.10. The number of primary amides is 1. The highest BCUT2D eigenvalue weighted by Crippen LogP contribution is 2.33. The van der Waals surface area contributed by atoms with Crippen LogP contribution >= 0.6 is 0 Å². The molecule has 1 atom stereocenters. The Bertz CT molecular complexity index is 1390. The summed E-state index contributed by atoms with van der Waals surface area (Å²) in [7, 11) is -3.29. The van der Waals surface area contributed by atoms with Gasteiger partial charge in [0.15, 0.2) is 5.82 Å². The van der Waals surface area contributed by atoms with Gasteiger partial charge in [-0.25, -0.2) is 32.1 Å². The lowest BCUT2D eigenvalue weighted by Gasteiger charge is -2.13. The molecule has 0 saturated carbocycles. The Balaban J connectivity index is 2.06. The molecule has 14 heteroatoms. The summed E-state index contributed by atoms with van der Waals surface area (Å²) < 4.78 is 95.9. The molecule has 34 heavy (non-hydrogen) atoms. The van der Waals surface area contributed by atoms with Crippen LogP contribution in [0.2, 0.25) is 0 Å². The number of nitrogens with two attached hydrogens (primary N) is 1. The molecule has 0 saturated heterocycles. The number of anilines is 2. The normalized spacial score (nSPS) is 13.1. The number of aromatic nitrogens is 2. The van der Waals surface area contributed by atoms with Gasteiger partial charge in [-0.2, -0.15) is 13.2 Å². The van der Waals surface area contributed by atoms with Crippen molar-refractivity contribution < 1.29 is 35.3 Å². The van der Waals surface area contributed by atoms with Gasteiger partial charge in [-0.1, -0.05) is 0 Å². The van der Waals surface area contributed by atoms with E-state index in [1.807, 2.05) is 4.72 Å². The molecule has 180 valence electrons. The third kappa shape index (κ3) is 6.15. The van der Waals surface area contributed by atoms with E-state index in [0.717, 1.165) is 29.8 Å². The fourth-order valence-corrected chi connectivity index (χ4v) is 3.99. The number of alkyl halides is 3.